The van der Waals surface area contributed by atoms with E-state index in [9.17, 15) is 14.7 Å². The van der Waals surface area contributed by atoms with Crippen LogP contribution in [0.5, 0.6) is 0 Å². The molecule has 0 amide bonds. The van der Waals surface area contributed by atoms with Gasteiger partial charge in [0.15, 0.2) is 6.10 Å². The lowest BCUT2D eigenvalue weighted by molar-refractivity contribution is -0.152. The van der Waals surface area contributed by atoms with Gasteiger partial charge in [-0.2, -0.15) is 0 Å². The Labute approximate surface area is 292 Å². The predicted octanol–water partition coefficient (Wildman–Crippen LogP) is 3.03. The second kappa shape index (κ2) is 38.1. The highest BCUT2D eigenvalue weighted by Crippen LogP contribution is 2.08. The van der Waals surface area contributed by atoms with Gasteiger partial charge >= 0.3 is 11.9 Å². The second-order valence-corrected chi connectivity index (χ2v) is 10.3. The van der Waals surface area contributed by atoms with Crippen molar-refractivity contribution in [3.8, 4) is 0 Å². The molecular formula is C36H60O13. The first-order chi connectivity index (χ1) is 24.0. The molecular weight excluding hydrogens is 640 g/mol. The third kappa shape index (κ3) is 34.9. The zero-order valence-corrected chi connectivity index (χ0v) is 29.0. The van der Waals surface area contributed by atoms with Crippen LogP contribution in [0, 0.1) is 0 Å². The highest BCUT2D eigenvalue weighted by Gasteiger charge is 2.15. The van der Waals surface area contributed by atoms with Crippen LogP contribution in [0.4, 0.5) is 0 Å². The standard InChI is InChI=1S/C36H60O13/c1-2-34(39)36(41)49-31-28-46-25-24-44-26-29-47-33(16-12-8-4-6-10-14-18-38)32-35(40)48-30-27-45-23-22-43-21-20-42-19-15-11-7-3-5-9-13-17-37/h2,7-14,33-34,37-39H,1,3-6,15-32H2/b11-7-,12-8-,13-9-,14-10-. The molecule has 0 radical (unpaired) electrons. The van der Waals surface area contributed by atoms with Crippen LogP contribution in [0.15, 0.2) is 61.3 Å². The second-order valence-electron chi connectivity index (χ2n) is 10.3. The van der Waals surface area contributed by atoms with Crippen LogP contribution in [-0.4, -0.2) is 139 Å². The number of aliphatic hydroxyl groups is 3. The number of hydrogen-bond donors (Lipinski definition) is 3. The van der Waals surface area contributed by atoms with Gasteiger partial charge in [0.05, 0.1) is 98.4 Å². The highest BCUT2D eigenvalue weighted by atomic mass is 16.6. The van der Waals surface area contributed by atoms with Gasteiger partial charge in [-0.1, -0.05) is 61.3 Å². The maximum atomic E-state index is 12.4. The van der Waals surface area contributed by atoms with Gasteiger partial charge in [-0.15, -0.1) is 0 Å². The number of ether oxygens (including phenoxy) is 8. The van der Waals surface area contributed by atoms with Crippen LogP contribution in [-0.2, 0) is 47.5 Å². The summed E-state index contributed by atoms with van der Waals surface area (Å²) < 4.78 is 43.3. The van der Waals surface area contributed by atoms with E-state index in [1.165, 1.54) is 0 Å². The minimum atomic E-state index is -1.35. The number of unbranched alkanes of at least 4 members (excludes halogenated alkanes) is 2. The molecule has 0 aliphatic carbocycles. The summed E-state index contributed by atoms with van der Waals surface area (Å²) in [6, 6.07) is 0. The third-order valence-corrected chi connectivity index (χ3v) is 6.22. The molecule has 2 unspecified atom stereocenters. The molecule has 0 fully saturated rings. The molecule has 0 saturated heterocycles. The van der Waals surface area contributed by atoms with Gasteiger partial charge in [-0.05, 0) is 38.5 Å². The molecule has 0 spiro atoms. The lowest BCUT2D eigenvalue weighted by Gasteiger charge is -2.16. The summed E-state index contributed by atoms with van der Waals surface area (Å²) in [5.41, 5.74) is 0. The van der Waals surface area contributed by atoms with Gasteiger partial charge in [0.2, 0.25) is 0 Å². The number of rotatable bonds is 36. The molecule has 3 N–H and O–H groups in total. The zero-order chi connectivity index (χ0) is 35.9. The molecule has 0 heterocycles. The largest absolute Gasteiger partial charge is 0.463 e. The van der Waals surface area contributed by atoms with Gasteiger partial charge in [0.25, 0.3) is 0 Å². The van der Waals surface area contributed by atoms with Gasteiger partial charge in [0.1, 0.15) is 13.2 Å². The Kier molecular flexibility index (Phi) is 36.0. The summed E-state index contributed by atoms with van der Waals surface area (Å²) in [4.78, 5) is 23.7. The average Bonchev–Trinajstić information content (AvgIpc) is 3.10. The van der Waals surface area contributed by atoms with E-state index in [1.807, 2.05) is 24.3 Å². The monoisotopic (exact) mass is 700 g/mol. The van der Waals surface area contributed by atoms with Crippen molar-refractivity contribution < 1.29 is 62.8 Å². The fourth-order valence-electron chi connectivity index (χ4n) is 3.71. The molecule has 0 aromatic heterocycles. The Bertz CT molecular complexity index is 888. The summed E-state index contributed by atoms with van der Waals surface area (Å²) in [5.74, 6) is -1.16. The summed E-state index contributed by atoms with van der Waals surface area (Å²) in [6.45, 7) is 7.58. The maximum Gasteiger partial charge on any atom is 0.339 e. The molecule has 0 rings (SSSR count). The maximum absolute atomic E-state index is 12.4. The number of carbonyl (C=O) groups excluding carboxylic acids is 2. The lowest BCUT2D eigenvalue weighted by atomic mass is 10.1. The van der Waals surface area contributed by atoms with Crippen molar-refractivity contribution >= 4 is 11.9 Å². The van der Waals surface area contributed by atoms with Crippen molar-refractivity contribution in [1.29, 1.82) is 0 Å². The first-order valence-corrected chi connectivity index (χ1v) is 17.0. The molecule has 13 nitrogen and oxygen atoms in total. The molecule has 2 atom stereocenters. The van der Waals surface area contributed by atoms with Crippen LogP contribution in [0.3, 0.4) is 0 Å². The molecule has 282 valence electrons. The van der Waals surface area contributed by atoms with E-state index in [-0.39, 0.29) is 64.7 Å². The van der Waals surface area contributed by atoms with Gasteiger partial charge < -0.3 is 53.2 Å². The van der Waals surface area contributed by atoms with E-state index < -0.39 is 12.1 Å². The van der Waals surface area contributed by atoms with Crippen molar-refractivity contribution in [3.05, 3.63) is 61.3 Å². The Morgan fingerprint density at radius 2 is 0.959 bits per heavy atom. The summed E-state index contributed by atoms with van der Waals surface area (Å²) in [7, 11) is 0. The fraction of sp³-hybridized carbons (Fsp3) is 0.667. The lowest BCUT2D eigenvalue weighted by Crippen LogP contribution is -2.23. The Balaban J connectivity index is 4.03. The minimum Gasteiger partial charge on any atom is -0.463 e. The smallest absolute Gasteiger partial charge is 0.339 e. The highest BCUT2D eigenvalue weighted by molar-refractivity contribution is 5.76. The van der Waals surface area contributed by atoms with E-state index in [2.05, 4.69) is 18.7 Å². The van der Waals surface area contributed by atoms with Crippen LogP contribution in [0.25, 0.3) is 0 Å². The van der Waals surface area contributed by atoms with Crippen molar-refractivity contribution in [2.75, 3.05) is 99.1 Å². The molecule has 0 saturated carbocycles. The van der Waals surface area contributed by atoms with Crippen molar-refractivity contribution in [2.24, 2.45) is 0 Å². The Morgan fingerprint density at radius 1 is 0.531 bits per heavy atom. The molecule has 0 aliphatic rings. The van der Waals surface area contributed by atoms with Crippen LogP contribution >= 0.6 is 0 Å². The van der Waals surface area contributed by atoms with Crippen LogP contribution in [0.2, 0.25) is 0 Å². The molecule has 49 heavy (non-hydrogen) atoms. The minimum absolute atomic E-state index is 0.0130. The first-order valence-electron chi connectivity index (χ1n) is 17.0. The number of esters is 2. The first kappa shape index (κ1) is 46.3. The van der Waals surface area contributed by atoms with Crippen LogP contribution in [0.1, 0.15) is 44.9 Å². The molecule has 0 aromatic rings. The average molecular weight is 701 g/mol. The van der Waals surface area contributed by atoms with Gasteiger partial charge in [-0.25, -0.2) is 4.79 Å². The fourth-order valence-corrected chi connectivity index (χ4v) is 3.71. The SMILES string of the molecule is C=CC(O)C(=O)OCCOCCOCCOC(C/C=C\CC/C=C\CO)CC(=O)OCCOCCOCCOCC/C=C\CC/C=C\CO. The number of aliphatic hydroxyl groups excluding tert-OH is 3. The van der Waals surface area contributed by atoms with Crippen molar-refractivity contribution in [2.45, 2.75) is 57.2 Å². The molecule has 0 bridgehead atoms. The normalized spacial score (nSPS) is 13.2. The Hall–Kier alpha value is -2.72. The molecule has 0 aromatic carbocycles. The molecule has 13 heteroatoms. The third-order valence-electron chi connectivity index (χ3n) is 6.22. The van der Waals surface area contributed by atoms with Crippen molar-refractivity contribution in [1.82, 2.24) is 0 Å². The van der Waals surface area contributed by atoms with Crippen LogP contribution < -0.4 is 0 Å². The number of hydrogen-bond acceptors (Lipinski definition) is 13. The zero-order valence-electron chi connectivity index (χ0n) is 29.0. The van der Waals surface area contributed by atoms with E-state index in [0.717, 1.165) is 38.2 Å². The number of allylic oxidation sites excluding steroid dienone is 4. The molecule has 0 aliphatic heterocycles. The van der Waals surface area contributed by atoms with E-state index in [1.54, 1.807) is 12.2 Å². The van der Waals surface area contributed by atoms with Gasteiger partial charge in [0, 0.05) is 0 Å². The summed E-state index contributed by atoms with van der Waals surface area (Å²) in [5, 5.41) is 26.7. The van der Waals surface area contributed by atoms with Crippen molar-refractivity contribution in [3.63, 3.8) is 0 Å². The summed E-state index contributed by atoms with van der Waals surface area (Å²) >= 11 is 0. The van der Waals surface area contributed by atoms with E-state index in [0.29, 0.717) is 59.3 Å². The Morgan fingerprint density at radius 3 is 1.49 bits per heavy atom. The quantitative estimate of drug-likeness (QED) is 0.0496. The van der Waals surface area contributed by atoms with E-state index >= 15 is 0 Å². The predicted molar refractivity (Wildman–Crippen MR) is 185 cm³/mol. The summed E-state index contributed by atoms with van der Waals surface area (Å²) in [6.07, 6.45) is 19.8. The van der Waals surface area contributed by atoms with Gasteiger partial charge in [-0.3, -0.25) is 4.79 Å². The number of carbonyl (C=O) groups is 2. The topological polar surface area (TPSA) is 169 Å². The van der Waals surface area contributed by atoms with E-state index in [4.69, 9.17) is 48.1 Å².